The van der Waals surface area contributed by atoms with Crippen LogP contribution in [0.5, 0.6) is 0 Å². The van der Waals surface area contributed by atoms with Gasteiger partial charge in [-0.2, -0.15) is 10.2 Å². The summed E-state index contributed by atoms with van der Waals surface area (Å²) < 4.78 is 10.7. The average molecular weight is 538 g/mol. The highest BCUT2D eigenvalue weighted by molar-refractivity contribution is 9.10. The normalized spacial score (nSPS) is 17.3. The number of carbonyl (C=O) groups excluding carboxylic acids is 1. The number of amides is 1. The van der Waals surface area contributed by atoms with Gasteiger partial charge in [0, 0.05) is 30.7 Å². The van der Waals surface area contributed by atoms with E-state index in [1.54, 1.807) is 0 Å². The maximum absolute atomic E-state index is 12.3. The van der Waals surface area contributed by atoms with Crippen molar-refractivity contribution in [1.29, 1.82) is 0 Å². The van der Waals surface area contributed by atoms with E-state index in [1.807, 2.05) is 44.2 Å². The Bertz CT molecular complexity index is 1010. The van der Waals surface area contributed by atoms with E-state index in [0.717, 1.165) is 66.3 Å². The van der Waals surface area contributed by atoms with Crippen molar-refractivity contribution in [1.82, 2.24) is 29.4 Å². The van der Waals surface area contributed by atoms with Crippen LogP contribution in [0.2, 0.25) is 0 Å². The fourth-order valence-electron chi connectivity index (χ4n) is 4.75. The van der Waals surface area contributed by atoms with E-state index >= 15 is 0 Å². The van der Waals surface area contributed by atoms with Crippen molar-refractivity contribution in [2.45, 2.75) is 79.5 Å². The van der Waals surface area contributed by atoms with Crippen molar-refractivity contribution >= 4 is 22.0 Å². The second-order valence-electron chi connectivity index (χ2n) is 10.8. The van der Waals surface area contributed by atoms with Gasteiger partial charge < -0.3 is 14.5 Å². The highest BCUT2D eigenvalue weighted by Crippen LogP contribution is 2.55. The minimum atomic E-state index is -0.450. The molecule has 0 bridgehead atoms. The Balaban J connectivity index is 0.00000158. The number of halogens is 1. The highest BCUT2D eigenvalue weighted by Gasteiger charge is 2.55. The first-order chi connectivity index (χ1) is 15.9. The topological polar surface area (TPSA) is 68.4 Å². The summed E-state index contributed by atoms with van der Waals surface area (Å²) in [5, 5.41) is 9.77. The maximum Gasteiger partial charge on any atom is 0.410 e. The Morgan fingerprint density at radius 3 is 2.38 bits per heavy atom. The Morgan fingerprint density at radius 2 is 1.82 bits per heavy atom. The average Bonchev–Trinajstić information content (AvgIpc) is 3.18. The first kappa shape index (κ1) is 26.7. The molecule has 190 valence electrons. The largest absolute Gasteiger partial charge is 0.444 e. The molecule has 1 aliphatic carbocycles. The molecule has 1 spiro atoms. The zero-order valence-electron chi connectivity index (χ0n) is 22.3. The van der Waals surface area contributed by atoms with Crippen molar-refractivity contribution in [3.8, 4) is 11.4 Å². The number of nitrogens with zero attached hydrogens (tertiary/aromatic N) is 6. The second-order valence-corrected chi connectivity index (χ2v) is 11.6. The quantitative estimate of drug-likeness (QED) is 0.519. The number of likely N-dealkylation sites (N-methyl/N-ethyl adjacent to an activating group) is 1. The van der Waals surface area contributed by atoms with Gasteiger partial charge in [-0.15, -0.1) is 0 Å². The number of hydrogen-bond donors (Lipinski definition) is 0. The van der Waals surface area contributed by atoms with Crippen LogP contribution in [0.15, 0.2) is 10.5 Å². The van der Waals surface area contributed by atoms with Gasteiger partial charge in [-0.1, -0.05) is 13.8 Å². The first-order valence-corrected chi connectivity index (χ1v) is 13.1. The molecule has 2 aromatic heterocycles. The van der Waals surface area contributed by atoms with E-state index in [0.29, 0.717) is 6.04 Å². The molecule has 1 amide bonds. The number of ether oxygens (including phenoxy) is 1. The summed E-state index contributed by atoms with van der Waals surface area (Å²) in [6, 6.07) is 2.47. The van der Waals surface area contributed by atoms with Gasteiger partial charge in [-0.25, -0.2) is 4.79 Å². The van der Waals surface area contributed by atoms with Gasteiger partial charge in [0.15, 0.2) is 0 Å². The standard InChI is InChI=1S/C23H35BrN6O2.C2H6/c1-15-10-18(25-29(15)9-8-27(6)7)20-19(24)16(2)30(26-20)17-11-23(12-17)13-28(14-23)21(31)32-22(3,4)5;1-2/h10,17H,8-9,11-14H2,1-7H3;1-2H3. The SMILES string of the molecule is CC.Cc1cc(-c2nn(C3CC4(C3)CN(C(=O)OC(C)(C)C)C4)c(C)c2Br)nn1CCN(C)C. The third kappa shape index (κ3) is 5.51. The van der Waals surface area contributed by atoms with Crippen LogP contribution < -0.4 is 0 Å². The van der Waals surface area contributed by atoms with Gasteiger partial charge in [0.1, 0.15) is 17.0 Å². The minimum absolute atomic E-state index is 0.202. The summed E-state index contributed by atoms with van der Waals surface area (Å²) in [7, 11) is 4.14. The Hall–Kier alpha value is -1.87. The van der Waals surface area contributed by atoms with Gasteiger partial charge in [-0.05, 0) is 83.6 Å². The van der Waals surface area contributed by atoms with Crippen LogP contribution in [0.3, 0.4) is 0 Å². The highest BCUT2D eigenvalue weighted by atomic mass is 79.9. The molecule has 0 atom stereocenters. The minimum Gasteiger partial charge on any atom is -0.444 e. The van der Waals surface area contributed by atoms with Gasteiger partial charge in [0.05, 0.1) is 22.8 Å². The predicted octanol–water partition coefficient (Wildman–Crippen LogP) is 5.29. The molecule has 4 rings (SSSR count). The molecule has 0 aromatic carbocycles. The van der Waals surface area contributed by atoms with Crippen LogP contribution in [0.25, 0.3) is 11.4 Å². The zero-order valence-corrected chi connectivity index (χ0v) is 23.9. The lowest BCUT2D eigenvalue weighted by Gasteiger charge is -2.58. The molecule has 9 heteroatoms. The Kier molecular flexibility index (Phi) is 7.87. The molecule has 0 radical (unpaired) electrons. The van der Waals surface area contributed by atoms with E-state index in [2.05, 4.69) is 59.5 Å². The first-order valence-electron chi connectivity index (χ1n) is 12.3. The molecule has 3 heterocycles. The van der Waals surface area contributed by atoms with E-state index in [1.165, 1.54) is 0 Å². The Labute approximate surface area is 212 Å². The molecule has 1 saturated carbocycles. The van der Waals surface area contributed by atoms with Crippen molar-refractivity contribution in [2.75, 3.05) is 33.7 Å². The van der Waals surface area contributed by atoms with Crippen molar-refractivity contribution in [3.63, 3.8) is 0 Å². The summed E-state index contributed by atoms with van der Waals surface area (Å²) in [4.78, 5) is 16.2. The monoisotopic (exact) mass is 536 g/mol. The van der Waals surface area contributed by atoms with Crippen molar-refractivity contribution in [3.05, 3.63) is 21.9 Å². The number of aromatic nitrogens is 4. The second kappa shape index (κ2) is 10.0. The summed E-state index contributed by atoms with van der Waals surface area (Å²) in [5.41, 5.74) is 3.85. The van der Waals surface area contributed by atoms with Crippen LogP contribution in [-0.4, -0.2) is 74.8 Å². The number of hydrogen-bond acceptors (Lipinski definition) is 5. The van der Waals surface area contributed by atoms with E-state index < -0.39 is 5.60 Å². The molecule has 2 fully saturated rings. The lowest BCUT2D eigenvalue weighted by Crippen LogP contribution is -2.64. The summed E-state index contributed by atoms with van der Waals surface area (Å²) in [6.07, 6.45) is 1.88. The molecule has 2 aliphatic rings. The van der Waals surface area contributed by atoms with Crippen LogP contribution >= 0.6 is 15.9 Å². The fraction of sp³-hybridized carbons (Fsp3) is 0.720. The van der Waals surface area contributed by atoms with Gasteiger partial charge in [-0.3, -0.25) is 9.36 Å². The summed E-state index contributed by atoms with van der Waals surface area (Å²) >= 11 is 3.76. The summed E-state index contributed by atoms with van der Waals surface area (Å²) in [6.45, 7) is 17.3. The molecule has 1 aliphatic heterocycles. The van der Waals surface area contributed by atoms with Crippen LogP contribution in [0.4, 0.5) is 4.79 Å². The smallest absolute Gasteiger partial charge is 0.410 e. The number of aryl methyl sites for hydroxylation is 1. The van der Waals surface area contributed by atoms with Gasteiger partial charge in [0.25, 0.3) is 0 Å². The van der Waals surface area contributed by atoms with E-state index in [9.17, 15) is 4.79 Å². The van der Waals surface area contributed by atoms with Crippen molar-refractivity contribution < 1.29 is 9.53 Å². The predicted molar refractivity (Wildman–Crippen MR) is 139 cm³/mol. The molecule has 0 N–H and O–H groups in total. The van der Waals surface area contributed by atoms with Crippen LogP contribution in [-0.2, 0) is 11.3 Å². The molecule has 2 aromatic rings. The zero-order chi connectivity index (χ0) is 25.4. The molecule has 1 saturated heterocycles. The van der Waals surface area contributed by atoms with Crippen molar-refractivity contribution in [2.24, 2.45) is 5.41 Å². The third-order valence-corrected chi connectivity index (χ3v) is 7.40. The third-order valence-electron chi connectivity index (χ3n) is 6.45. The maximum atomic E-state index is 12.3. The van der Waals surface area contributed by atoms with E-state index in [-0.39, 0.29) is 11.5 Å². The number of rotatable bonds is 5. The van der Waals surface area contributed by atoms with Gasteiger partial charge in [0.2, 0.25) is 0 Å². The number of likely N-dealkylation sites (tertiary alicyclic amines) is 1. The Morgan fingerprint density at radius 1 is 1.21 bits per heavy atom. The van der Waals surface area contributed by atoms with E-state index in [4.69, 9.17) is 14.9 Å². The fourth-order valence-corrected chi connectivity index (χ4v) is 5.22. The molecule has 0 unspecified atom stereocenters. The molecular weight excluding hydrogens is 496 g/mol. The molecular formula is C25H41BrN6O2. The van der Waals surface area contributed by atoms with Crippen LogP contribution in [0.1, 0.15) is 64.9 Å². The van der Waals surface area contributed by atoms with Crippen LogP contribution in [0, 0.1) is 19.3 Å². The molecule has 34 heavy (non-hydrogen) atoms. The summed E-state index contributed by atoms with van der Waals surface area (Å²) in [5.74, 6) is 0. The molecule has 8 nitrogen and oxygen atoms in total. The lowest BCUT2D eigenvalue weighted by molar-refractivity contribution is -0.0930. The van der Waals surface area contributed by atoms with Gasteiger partial charge >= 0.3 is 6.09 Å². The number of carbonyl (C=O) groups is 1. The lowest BCUT2D eigenvalue weighted by atomic mass is 9.61.